The Balaban J connectivity index is 2.14. The van der Waals surface area contributed by atoms with Gasteiger partial charge in [0, 0.05) is 5.75 Å². The smallest absolute Gasteiger partial charge is 0.272 e. The van der Waals surface area contributed by atoms with Crippen LogP contribution in [-0.4, -0.2) is 65.5 Å². The van der Waals surface area contributed by atoms with Crippen LogP contribution in [0, 0.1) is 0 Å². The molecule has 120 valence electrons. The van der Waals surface area contributed by atoms with Crippen LogP contribution in [-0.2, 0) is 14.4 Å². The van der Waals surface area contributed by atoms with Crippen molar-refractivity contribution in [1.29, 1.82) is 0 Å². The predicted molar refractivity (Wildman–Crippen MR) is 79.9 cm³/mol. The molecule has 0 aromatic rings. The maximum absolute atomic E-state index is 11.6. The maximum Gasteiger partial charge on any atom is 0.272 e. The molecule has 0 saturated carbocycles. The van der Waals surface area contributed by atoms with Gasteiger partial charge in [-0.25, -0.2) is 0 Å². The quantitative estimate of drug-likeness (QED) is 0.468. The van der Waals surface area contributed by atoms with Crippen LogP contribution >= 0.6 is 11.8 Å². The molecular formula is C14H19N3O4S. The highest BCUT2D eigenvalue weighted by Crippen LogP contribution is 2.39. The number of thioether (sulfide) groups is 1. The predicted octanol–water partition coefficient (Wildman–Crippen LogP) is -1.59. The Hall–Kier alpha value is -1.80. The van der Waals surface area contributed by atoms with Gasteiger partial charge in [0.25, 0.3) is 5.91 Å². The summed E-state index contributed by atoms with van der Waals surface area (Å²) in [7, 11) is 3.71. The number of likely N-dealkylation sites (N-methyl/N-ethyl adjacent to an activating group) is 1. The minimum atomic E-state index is -1.33. The molecule has 0 radical (unpaired) electrons. The highest BCUT2D eigenvalue weighted by Gasteiger charge is 2.42. The number of carbonyl (C=O) groups excluding carboxylic acids is 3. The molecule has 2 aliphatic heterocycles. The molecule has 22 heavy (non-hydrogen) atoms. The second-order valence-corrected chi connectivity index (χ2v) is 7.21. The highest BCUT2D eigenvalue weighted by atomic mass is 32.2. The number of aliphatic carboxylic acids is 1. The van der Waals surface area contributed by atoms with Gasteiger partial charge in [0.1, 0.15) is 0 Å². The van der Waals surface area contributed by atoms with Gasteiger partial charge >= 0.3 is 0 Å². The molecule has 0 aromatic heterocycles. The number of nitrogens with two attached hydrogens (primary N) is 1. The van der Waals surface area contributed by atoms with Crippen LogP contribution < -0.4 is 10.8 Å². The number of carboxylic acid groups (broad SMARTS) is 1. The zero-order chi connectivity index (χ0) is 16.5. The van der Waals surface area contributed by atoms with E-state index in [9.17, 15) is 19.5 Å². The average molecular weight is 325 g/mol. The third-order valence-corrected chi connectivity index (χ3v) is 4.82. The number of carboxylic acids is 1. The zero-order valence-corrected chi connectivity index (χ0v) is 13.4. The van der Waals surface area contributed by atoms with Crippen LogP contribution in [0.25, 0.3) is 0 Å². The van der Waals surface area contributed by atoms with Crippen molar-refractivity contribution >= 4 is 29.5 Å². The summed E-state index contributed by atoms with van der Waals surface area (Å²) >= 11 is 1.54. The van der Waals surface area contributed by atoms with Gasteiger partial charge in [-0.15, -0.1) is 11.8 Å². The number of hydrogen-bond acceptors (Lipinski definition) is 5. The van der Waals surface area contributed by atoms with Crippen molar-refractivity contribution in [2.45, 2.75) is 11.8 Å². The first-order valence-corrected chi connectivity index (χ1v) is 7.91. The average Bonchev–Trinajstić information content (AvgIpc) is 2.36. The van der Waals surface area contributed by atoms with E-state index in [-0.39, 0.29) is 23.5 Å². The summed E-state index contributed by atoms with van der Waals surface area (Å²) in [6.07, 6.45) is 3.87. The Morgan fingerprint density at radius 1 is 1.50 bits per heavy atom. The first-order valence-electron chi connectivity index (χ1n) is 6.86. The molecule has 2 aliphatic rings. The minimum absolute atomic E-state index is 0.0311. The van der Waals surface area contributed by atoms with Crippen LogP contribution in [0.2, 0.25) is 0 Å². The van der Waals surface area contributed by atoms with Gasteiger partial charge in [0.05, 0.1) is 44.1 Å². The Morgan fingerprint density at radius 3 is 2.73 bits per heavy atom. The van der Waals surface area contributed by atoms with Gasteiger partial charge in [0.2, 0.25) is 5.91 Å². The Labute approximate surface area is 133 Å². The maximum atomic E-state index is 11.6. The van der Waals surface area contributed by atoms with Crippen LogP contribution in [0.3, 0.4) is 0 Å². The monoisotopic (exact) mass is 325 g/mol. The summed E-state index contributed by atoms with van der Waals surface area (Å²) in [4.78, 5) is 35.2. The lowest BCUT2D eigenvalue weighted by atomic mass is 10.1. The van der Waals surface area contributed by atoms with Crippen molar-refractivity contribution in [2.75, 3.05) is 32.9 Å². The van der Waals surface area contributed by atoms with E-state index in [0.29, 0.717) is 28.8 Å². The van der Waals surface area contributed by atoms with Crippen LogP contribution in [0.5, 0.6) is 0 Å². The van der Waals surface area contributed by atoms with Crippen LogP contribution in [0.15, 0.2) is 23.4 Å². The minimum Gasteiger partial charge on any atom is -0.543 e. The fourth-order valence-electron chi connectivity index (χ4n) is 2.52. The van der Waals surface area contributed by atoms with Crippen LogP contribution in [0.1, 0.15) is 6.42 Å². The lowest BCUT2D eigenvalue weighted by molar-refractivity contribution is -0.876. The van der Waals surface area contributed by atoms with Gasteiger partial charge in [0.15, 0.2) is 6.54 Å². The Bertz CT molecular complexity index is 583. The number of fused-ring (bicyclic) bond motifs is 1. The van der Waals surface area contributed by atoms with Crippen LogP contribution in [0.4, 0.5) is 0 Å². The summed E-state index contributed by atoms with van der Waals surface area (Å²) in [6, 6.07) is 0. The van der Waals surface area contributed by atoms with E-state index in [1.54, 1.807) is 23.9 Å². The zero-order valence-electron chi connectivity index (χ0n) is 12.6. The number of β-lactam (4-membered cyclic amide) rings is 1. The number of rotatable bonds is 6. The highest BCUT2D eigenvalue weighted by molar-refractivity contribution is 8.00. The molecule has 0 spiro atoms. The molecular weight excluding hydrogens is 306 g/mol. The van der Waals surface area contributed by atoms with E-state index in [4.69, 9.17) is 5.73 Å². The Morgan fingerprint density at radius 2 is 2.18 bits per heavy atom. The van der Waals surface area contributed by atoms with Gasteiger partial charge in [-0.2, -0.15) is 0 Å². The summed E-state index contributed by atoms with van der Waals surface area (Å²) in [5, 5.41) is 11.3. The summed E-state index contributed by atoms with van der Waals surface area (Å²) in [5.41, 5.74) is 5.72. The largest absolute Gasteiger partial charge is 0.543 e. The second-order valence-electron chi connectivity index (χ2n) is 6.04. The molecule has 2 heterocycles. The molecule has 2 N–H and O–H groups in total. The van der Waals surface area contributed by atoms with E-state index >= 15 is 0 Å². The third kappa shape index (κ3) is 3.50. The molecule has 1 atom stereocenters. The number of primary amides is 1. The summed E-state index contributed by atoms with van der Waals surface area (Å²) < 4.78 is 0.373. The number of allylic oxidation sites excluding steroid dienone is 1. The molecule has 7 nitrogen and oxygen atoms in total. The Kier molecular flexibility index (Phi) is 4.62. The molecule has 0 aromatic carbocycles. The van der Waals surface area contributed by atoms with Gasteiger partial charge in [-0.1, -0.05) is 6.08 Å². The molecule has 0 bridgehead atoms. The molecule has 1 saturated heterocycles. The van der Waals surface area contributed by atoms with Gasteiger partial charge in [-0.3, -0.25) is 14.5 Å². The molecule has 2 rings (SSSR count). The van der Waals surface area contributed by atoms with E-state index in [1.165, 1.54) is 4.90 Å². The fraction of sp³-hybridized carbons (Fsp3) is 0.500. The van der Waals surface area contributed by atoms with E-state index in [1.807, 2.05) is 14.1 Å². The van der Waals surface area contributed by atoms with E-state index in [0.717, 1.165) is 0 Å². The first kappa shape index (κ1) is 16.6. The van der Waals surface area contributed by atoms with E-state index in [2.05, 4.69) is 0 Å². The van der Waals surface area contributed by atoms with Crippen molar-refractivity contribution in [1.82, 2.24) is 4.90 Å². The first-order chi connectivity index (χ1) is 10.2. The van der Waals surface area contributed by atoms with Crippen molar-refractivity contribution in [3.8, 4) is 0 Å². The molecule has 0 aliphatic carbocycles. The summed E-state index contributed by atoms with van der Waals surface area (Å²) in [5.74, 6) is -1.39. The third-order valence-electron chi connectivity index (χ3n) is 3.58. The number of quaternary nitrogens is 1. The molecule has 8 heteroatoms. The van der Waals surface area contributed by atoms with Gasteiger partial charge in [-0.05, 0) is 11.6 Å². The number of amides is 2. The van der Waals surface area contributed by atoms with Crippen molar-refractivity contribution in [2.24, 2.45) is 5.73 Å². The topological polar surface area (TPSA) is 104 Å². The lowest BCUT2D eigenvalue weighted by Gasteiger charge is -2.45. The second kappa shape index (κ2) is 6.13. The van der Waals surface area contributed by atoms with Crippen molar-refractivity contribution in [3.05, 3.63) is 23.4 Å². The molecule has 1 unspecified atom stereocenters. The molecule has 1 fully saturated rings. The lowest BCUT2D eigenvalue weighted by Crippen LogP contribution is -2.55. The summed E-state index contributed by atoms with van der Waals surface area (Å²) in [6.45, 7) is 0.715. The fourth-order valence-corrected chi connectivity index (χ4v) is 3.76. The normalized spacial score (nSPS) is 21.8. The number of nitrogens with zero attached hydrogens (tertiary/aromatic N) is 2. The SMILES string of the molecule is C[N+](C)(CC=CC1=C(C(=O)[O-])N2C(=O)CC2SC1)CC(N)=O. The van der Waals surface area contributed by atoms with Crippen molar-refractivity contribution in [3.63, 3.8) is 0 Å². The van der Waals surface area contributed by atoms with E-state index < -0.39 is 11.9 Å². The number of carbonyl (C=O) groups is 3. The molecule has 2 amide bonds. The van der Waals surface area contributed by atoms with Crippen molar-refractivity contribution < 1.29 is 24.0 Å². The number of hydrogen-bond donors (Lipinski definition) is 1. The van der Waals surface area contributed by atoms with Gasteiger partial charge < -0.3 is 20.1 Å². The standard InChI is InChI=1S/C14H19N3O4S/c1-17(2,7-10(15)18)5-3-4-9-8-22-12-6-11(19)16(12)13(9)14(20)21/h3-4,12H,5-8H2,1-2H3,(H2-,15,18,20,21).